The van der Waals surface area contributed by atoms with Crippen LogP contribution in [0.15, 0.2) is 48.5 Å². The van der Waals surface area contributed by atoms with E-state index in [2.05, 4.69) is 29.0 Å². The molecule has 0 fully saturated rings. The maximum Gasteiger partial charge on any atom is 0.312 e. The number of methoxy groups -OCH3 is 1. The van der Waals surface area contributed by atoms with Gasteiger partial charge in [0, 0.05) is 0 Å². The van der Waals surface area contributed by atoms with Crippen molar-refractivity contribution in [1.29, 1.82) is 0 Å². The van der Waals surface area contributed by atoms with E-state index in [4.69, 9.17) is 0 Å². The molecular weight excluding hydrogens is 224 g/mol. The second kappa shape index (κ2) is 5.50. The fourth-order valence-electron chi connectivity index (χ4n) is 1.83. The highest BCUT2D eigenvalue weighted by Crippen LogP contribution is 2.17. The highest BCUT2D eigenvalue weighted by atomic mass is 16.5. The van der Waals surface area contributed by atoms with Gasteiger partial charge >= 0.3 is 5.97 Å². The van der Waals surface area contributed by atoms with Gasteiger partial charge in [-0.2, -0.15) is 0 Å². The molecule has 0 N–H and O–H groups in total. The van der Waals surface area contributed by atoms with E-state index >= 15 is 0 Å². The number of benzene rings is 2. The van der Waals surface area contributed by atoms with Crippen LogP contribution in [0, 0.1) is 5.92 Å². The Labute approximate surface area is 107 Å². The summed E-state index contributed by atoms with van der Waals surface area (Å²) in [5.41, 5.74) is 1.09. The molecule has 0 unspecified atom stereocenters. The van der Waals surface area contributed by atoms with E-state index in [-0.39, 0.29) is 11.9 Å². The normalized spacial score (nSPS) is 12.8. The third-order valence-electron chi connectivity index (χ3n) is 2.92. The number of carbonyl (C=O) groups excluding carboxylic acids is 1. The molecule has 0 spiro atoms. The Kier molecular flexibility index (Phi) is 3.78. The minimum atomic E-state index is -0.221. The third kappa shape index (κ3) is 2.77. The van der Waals surface area contributed by atoms with E-state index in [1.54, 1.807) is 0 Å². The van der Waals surface area contributed by atoms with Crippen LogP contribution in [0.1, 0.15) is 12.5 Å². The predicted octanol–water partition coefficient (Wildman–Crippen LogP) is 3.66. The molecular formula is C16H16O2. The molecule has 2 nitrogen and oxygen atoms in total. The Morgan fingerprint density at radius 1 is 1.17 bits per heavy atom. The van der Waals surface area contributed by atoms with Gasteiger partial charge in [-0.1, -0.05) is 48.6 Å². The smallest absolute Gasteiger partial charge is 0.312 e. The van der Waals surface area contributed by atoms with Crippen molar-refractivity contribution in [1.82, 2.24) is 0 Å². The third-order valence-corrected chi connectivity index (χ3v) is 2.92. The number of rotatable bonds is 3. The van der Waals surface area contributed by atoms with Crippen molar-refractivity contribution < 1.29 is 9.53 Å². The summed E-state index contributed by atoms with van der Waals surface area (Å²) in [6.07, 6.45) is 3.81. The van der Waals surface area contributed by atoms with Gasteiger partial charge in [0.05, 0.1) is 13.0 Å². The van der Waals surface area contributed by atoms with Crippen LogP contribution in [-0.4, -0.2) is 13.1 Å². The number of carbonyl (C=O) groups is 1. The first kappa shape index (κ1) is 12.4. The Morgan fingerprint density at radius 3 is 2.61 bits per heavy atom. The lowest BCUT2D eigenvalue weighted by Gasteiger charge is -2.03. The topological polar surface area (TPSA) is 26.3 Å². The van der Waals surface area contributed by atoms with Crippen LogP contribution in [-0.2, 0) is 9.53 Å². The van der Waals surface area contributed by atoms with Crippen LogP contribution in [0.4, 0.5) is 0 Å². The van der Waals surface area contributed by atoms with Crippen molar-refractivity contribution in [3.63, 3.8) is 0 Å². The molecule has 0 aliphatic rings. The summed E-state index contributed by atoms with van der Waals surface area (Å²) >= 11 is 0. The van der Waals surface area contributed by atoms with Gasteiger partial charge in [0.25, 0.3) is 0 Å². The summed E-state index contributed by atoms with van der Waals surface area (Å²) in [6, 6.07) is 14.4. The lowest BCUT2D eigenvalue weighted by molar-refractivity contribution is -0.143. The molecule has 2 aromatic rings. The van der Waals surface area contributed by atoms with Gasteiger partial charge in [-0.15, -0.1) is 0 Å². The first-order valence-electron chi connectivity index (χ1n) is 5.95. The zero-order valence-corrected chi connectivity index (χ0v) is 10.6. The van der Waals surface area contributed by atoms with Gasteiger partial charge in [-0.3, -0.25) is 4.79 Å². The van der Waals surface area contributed by atoms with Gasteiger partial charge in [-0.25, -0.2) is 0 Å². The van der Waals surface area contributed by atoms with Gasteiger partial charge in [-0.05, 0) is 29.3 Å². The lowest BCUT2D eigenvalue weighted by atomic mass is 10.1. The lowest BCUT2D eigenvalue weighted by Crippen LogP contribution is -2.09. The summed E-state index contributed by atoms with van der Waals surface area (Å²) in [5.74, 6) is -0.437. The highest BCUT2D eigenvalue weighted by molar-refractivity contribution is 5.85. The molecule has 18 heavy (non-hydrogen) atoms. The van der Waals surface area contributed by atoms with E-state index in [1.165, 1.54) is 17.9 Å². The molecule has 0 aromatic heterocycles. The molecule has 2 rings (SSSR count). The molecule has 0 aliphatic heterocycles. The Bertz CT molecular complexity index is 584. The molecule has 0 saturated carbocycles. The van der Waals surface area contributed by atoms with Crippen LogP contribution in [0.2, 0.25) is 0 Å². The van der Waals surface area contributed by atoms with E-state index in [0.717, 1.165) is 5.56 Å². The van der Waals surface area contributed by atoms with E-state index in [1.807, 2.05) is 37.3 Å². The highest BCUT2D eigenvalue weighted by Gasteiger charge is 2.07. The number of esters is 1. The van der Waals surface area contributed by atoms with Gasteiger partial charge in [0.2, 0.25) is 0 Å². The van der Waals surface area contributed by atoms with Crippen molar-refractivity contribution in [2.45, 2.75) is 6.92 Å². The summed E-state index contributed by atoms with van der Waals surface area (Å²) < 4.78 is 4.68. The number of hydrogen-bond donors (Lipinski definition) is 0. The molecule has 92 valence electrons. The number of ether oxygens (including phenoxy) is 1. The predicted molar refractivity (Wildman–Crippen MR) is 74.2 cm³/mol. The number of hydrogen-bond acceptors (Lipinski definition) is 2. The molecule has 0 amide bonds. The standard InChI is InChI=1S/C16H16O2/c1-12(16(17)18-2)7-8-13-9-10-14-5-3-4-6-15(14)11-13/h3-12H,1-2H3/b8-7+/t12-/m0/s1. The molecule has 0 radical (unpaired) electrons. The summed E-state index contributed by atoms with van der Waals surface area (Å²) in [4.78, 5) is 11.3. The van der Waals surface area contributed by atoms with Gasteiger partial charge in [0.1, 0.15) is 0 Å². The number of fused-ring (bicyclic) bond motifs is 1. The van der Waals surface area contributed by atoms with Gasteiger partial charge < -0.3 is 4.74 Å². The van der Waals surface area contributed by atoms with Crippen LogP contribution in [0.25, 0.3) is 16.8 Å². The van der Waals surface area contributed by atoms with Crippen molar-refractivity contribution in [2.24, 2.45) is 5.92 Å². The summed E-state index contributed by atoms with van der Waals surface area (Å²) in [5, 5.41) is 2.42. The fourth-order valence-corrected chi connectivity index (χ4v) is 1.83. The summed E-state index contributed by atoms with van der Waals surface area (Å²) in [6.45, 7) is 1.82. The average molecular weight is 240 g/mol. The monoisotopic (exact) mass is 240 g/mol. The van der Waals surface area contributed by atoms with E-state index in [0.29, 0.717) is 0 Å². The Morgan fingerprint density at radius 2 is 1.89 bits per heavy atom. The zero-order chi connectivity index (χ0) is 13.0. The zero-order valence-electron chi connectivity index (χ0n) is 10.6. The molecule has 1 atom stereocenters. The molecule has 2 aromatic carbocycles. The van der Waals surface area contributed by atoms with Gasteiger partial charge in [0.15, 0.2) is 0 Å². The first-order valence-corrected chi connectivity index (χ1v) is 5.95. The molecule has 0 aliphatic carbocycles. The SMILES string of the molecule is COC(=O)[C@@H](C)/C=C/c1ccc2ccccc2c1. The first-order chi connectivity index (χ1) is 8.70. The second-order valence-electron chi connectivity index (χ2n) is 4.28. The van der Waals surface area contributed by atoms with Crippen molar-refractivity contribution in [3.05, 3.63) is 54.1 Å². The van der Waals surface area contributed by atoms with Crippen molar-refractivity contribution in [3.8, 4) is 0 Å². The quantitative estimate of drug-likeness (QED) is 0.765. The van der Waals surface area contributed by atoms with Crippen LogP contribution >= 0.6 is 0 Å². The van der Waals surface area contributed by atoms with E-state index in [9.17, 15) is 4.79 Å². The molecule has 0 saturated heterocycles. The Balaban J connectivity index is 2.21. The minimum absolute atomic E-state index is 0.216. The van der Waals surface area contributed by atoms with E-state index < -0.39 is 0 Å². The van der Waals surface area contributed by atoms with Crippen LogP contribution in [0.5, 0.6) is 0 Å². The second-order valence-corrected chi connectivity index (χ2v) is 4.28. The molecule has 2 heteroatoms. The molecule has 0 heterocycles. The van der Waals surface area contributed by atoms with Crippen LogP contribution in [0.3, 0.4) is 0 Å². The minimum Gasteiger partial charge on any atom is -0.469 e. The maximum atomic E-state index is 11.3. The van der Waals surface area contributed by atoms with Crippen LogP contribution < -0.4 is 0 Å². The summed E-state index contributed by atoms with van der Waals surface area (Å²) in [7, 11) is 1.41. The molecule has 0 bridgehead atoms. The van der Waals surface area contributed by atoms with Crippen molar-refractivity contribution in [2.75, 3.05) is 7.11 Å². The van der Waals surface area contributed by atoms with Crippen molar-refractivity contribution >= 4 is 22.8 Å². The Hall–Kier alpha value is -2.09. The maximum absolute atomic E-state index is 11.3. The fraction of sp³-hybridized carbons (Fsp3) is 0.188. The average Bonchev–Trinajstić information content (AvgIpc) is 2.43. The largest absolute Gasteiger partial charge is 0.469 e.